The first kappa shape index (κ1) is 23.5. The molecule has 1 aliphatic rings. The predicted octanol–water partition coefficient (Wildman–Crippen LogP) is 3.68. The molecule has 1 heterocycles. The summed E-state index contributed by atoms with van der Waals surface area (Å²) in [4.78, 5) is 15.7. The van der Waals surface area contributed by atoms with Crippen LogP contribution in [0.5, 0.6) is 11.5 Å². The highest BCUT2D eigenvalue weighted by molar-refractivity contribution is 7.96. The van der Waals surface area contributed by atoms with Crippen LogP contribution in [-0.2, 0) is 0 Å². The van der Waals surface area contributed by atoms with E-state index < -0.39 is 11.3 Å². The predicted molar refractivity (Wildman–Crippen MR) is 127 cm³/mol. The second-order valence-electron chi connectivity index (χ2n) is 7.45. The highest BCUT2D eigenvalue weighted by Crippen LogP contribution is 2.32. The fourth-order valence-corrected chi connectivity index (χ4v) is 4.06. The van der Waals surface area contributed by atoms with Crippen molar-refractivity contribution >= 4 is 40.8 Å². The average Bonchev–Trinajstić information content (AvgIpc) is 2.75. The van der Waals surface area contributed by atoms with Crippen LogP contribution in [-0.4, -0.2) is 67.8 Å². The molecule has 0 aromatic heterocycles. The number of aryl methyl sites for hydroxylation is 1. The number of nitrogens with zero attached hydrogens (tertiary/aromatic N) is 2. The maximum absolute atomic E-state index is 11.2. The topological polar surface area (TPSA) is 74.3 Å². The Balaban J connectivity index is 1.50. The van der Waals surface area contributed by atoms with Gasteiger partial charge >= 0.3 is 0 Å². The largest absolute Gasteiger partial charge is 0.493 e. The van der Waals surface area contributed by atoms with E-state index in [2.05, 4.69) is 27.7 Å². The SMILES string of the molecule is COc1ccccc1OC[C@H](O)CN1CCN(c2cc(C)c(NC(=O)S)c(Cl)c2)CC1. The molecular weight excluding hydrogens is 438 g/mol. The van der Waals surface area contributed by atoms with E-state index in [-0.39, 0.29) is 6.61 Å². The van der Waals surface area contributed by atoms with Crippen LogP contribution in [0.25, 0.3) is 0 Å². The van der Waals surface area contributed by atoms with E-state index >= 15 is 0 Å². The lowest BCUT2D eigenvalue weighted by molar-refractivity contribution is 0.0653. The summed E-state index contributed by atoms with van der Waals surface area (Å²) in [7, 11) is 1.59. The summed E-state index contributed by atoms with van der Waals surface area (Å²) in [6.45, 7) is 5.91. The highest BCUT2D eigenvalue weighted by atomic mass is 35.5. The Morgan fingerprint density at radius 3 is 2.52 bits per heavy atom. The quantitative estimate of drug-likeness (QED) is 0.516. The number of benzene rings is 2. The number of hydrogen-bond donors (Lipinski definition) is 3. The van der Waals surface area contributed by atoms with Gasteiger partial charge in [-0.3, -0.25) is 9.69 Å². The maximum atomic E-state index is 11.2. The van der Waals surface area contributed by atoms with Gasteiger partial charge in [-0.2, -0.15) is 0 Å². The summed E-state index contributed by atoms with van der Waals surface area (Å²) in [6.07, 6.45) is -0.600. The molecule has 2 aromatic rings. The lowest BCUT2D eigenvalue weighted by atomic mass is 10.1. The first-order valence-electron chi connectivity index (χ1n) is 10.1. The fraction of sp³-hybridized carbons (Fsp3) is 0.409. The molecule has 1 aliphatic heterocycles. The number of thiol groups is 1. The van der Waals surface area contributed by atoms with E-state index in [1.807, 2.05) is 43.3 Å². The molecule has 2 aromatic carbocycles. The molecule has 1 amide bonds. The number of rotatable bonds is 8. The zero-order valence-electron chi connectivity index (χ0n) is 17.7. The number of anilines is 2. The molecule has 2 N–H and O–H groups in total. The van der Waals surface area contributed by atoms with Crippen LogP contribution in [0.2, 0.25) is 5.02 Å². The van der Waals surface area contributed by atoms with Gasteiger partial charge in [-0.25, -0.2) is 0 Å². The lowest BCUT2D eigenvalue weighted by Gasteiger charge is -2.37. The Kier molecular flexibility index (Phi) is 8.31. The smallest absolute Gasteiger partial charge is 0.280 e. The number of carbonyl (C=O) groups excluding carboxylic acids is 1. The molecule has 1 fully saturated rings. The second kappa shape index (κ2) is 10.9. The fourth-order valence-electron chi connectivity index (χ4n) is 3.64. The molecule has 7 nitrogen and oxygen atoms in total. The molecule has 168 valence electrons. The van der Waals surface area contributed by atoms with E-state index in [0.29, 0.717) is 28.8 Å². The van der Waals surface area contributed by atoms with Crippen molar-refractivity contribution in [2.75, 3.05) is 56.7 Å². The van der Waals surface area contributed by atoms with Gasteiger partial charge in [-0.15, -0.1) is 0 Å². The maximum Gasteiger partial charge on any atom is 0.280 e. The van der Waals surface area contributed by atoms with Gasteiger partial charge in [0.25, 0.3) is 5.24 Å². The molecule has 1 atom stereocenters. The van der Waals surface area contributed by atoms with Gasteiger partial charge in [0, 0.05) is 38.4 Å². The number of aliphatic hydroxyl groups excluding tert-OH is 1. The van der Waals surface area contributed by atoms with E-state index in [1.54, 1.807) is 7.11 Å². The van der Waals surface area contributed by atoms with Crippen molar-refractivity contribution in [3.63, 3.8) is 0 Å². The molecule has 1 saturated heterocycles. The zero-order valence-corrected chi connectivity index (χ0v) is 19.3. The van der Waals surface area contributed by atoms with Gasteiger partial charge in [-0.05, 0) is 36.8 Å². The third-order valence-electron chi connectivity index (χ3n) is 5.21. The number of halogens is 1. The molecule has 0 unspecified atom stereocenters. The van der Waals surface area contributed by atoms with Crippen molar-refractivity contribution in [1.29, 1.82) is 0 Å². The summed E-state index contributed by atoms with van der Waals surface area (Å²) in [5, 5.41) is 13.1. The lowest BCUT2D eigenvalue weighted by Crippen LogP contribution is -2.49. The Morgan fingerprint density at radius 2 is 1.90 bits per heavy atom. The van der Waals surface area contributed by atoms with Crippen LogP contribution in [0.3, 0.4) is 0 Å². The second-order valence-corrected chi connectivity index (χ2v) is 8.27. The van der Waals surface area contributed by atoms with Crippen molar-refractivity contribution in [3.8, 4) is 11.5 Å². The van der Waals surface area contributed by atoms with E-state index in [1.165, 1.54) is 0 Å². The number of aliphatic hydroxyl groups is 1. The summed E-state index contributed by atoms with van der Waals surface area (Å²) in [5.41, 5.74) is 2.48. The zero-order chi connectivity index (χ0) is 22.4. The van der Waals surface area contributed by atoms with Crippen molar-refractivity contribution in [1.82, 2.24) is 4.90 Å². The number of piperazine rings is 1. The molecule has 3 rings (SSSR count). The number of hydrogen-bond acceptors (Lipinski definition) is 6. The third-order valence-corrected chi connectivity index (χ3v) is 5.62. The molecule has 0 spiro atoms. The highest BCUT2D eigenvalue weighted by Gasteiger charge is 2.21. The van der Waals surface area contributed by atoms with Crippen LogP contribution in [0.1, 0.15) is 5.56 Å². The number of amides is 1. The Hall–Kier alpha value is -2.13. The molecule has 0 radical (unpaired) electrons. The van der Waals surface area contributed by atoms with Crippen LogP contribution < -0.4 is 19.7 Å². The van der Waals surface area contributed by atoms with E-state index in [0.717, 1.165) is 37.4 Å². The van der Waals surface area contributed by atoms with Crippen molar-refractivity contribution < 1.29 is 19.4 Å². The molecule has 0 aliphatic carbocycles. The first-order chi connectivity index (χ1) is 14.9. The molecule has 0 bridgehead atoms. The number of para-hydroxylation sites is 2. The average molecular weight is 466 g/mol. The van der Waals surface area contributed by atoms with Gasteiger partial charge in [0.1, 0.15) is 12.7 Å². The molecule has 31 heavy (non-hydrogen) atoms. The van der Waals surface area contributed by atoms with Gasteiger partial charge in [0.05, 0.1) is 17.8 Å². The number of methoxy groups -OCH3 is 1. The van der Waals surface area contributed by atoms with Crippen molar-refractivity contribution in [2.24, 2.45) is 0 Å². The van der Waals surface area contributed by atoms with E-state index in [9.17, 15) is 9.90 Å². The Bertz CT molecular complexity index is 883. The monoisotopic (exact) mass is 465 g/mol. The van der Waals surface area contributed by atoms with Crippen molar-refractivity contribution in [2.45, 2.75) is 13.0 Å². The Morgan fingerprint density at radius 1 is 1.23 bits per heavy atom. The minimum atomic E-state index is -0.600. The van der Waals surface area contributed by atoms with E-state index in [4.69, 9.17) is 21.1 Å². The number of nitrogens with one attached hydrogen (secondary N) is 1. The third kappa shape index (κ3) is 6.43. The number of carbonyl (C=O) groups is 1. The van der Waals surface area contributed by atoms with Gasteiger partial charge < -0.3 is 24.8 Å². The van der Waals surface area contributed by atoms with Crippen LogP contribution in [0, 0.1) is 6.92 Å². The standard InChI is InChI=1S/C22H28ClN3O4S/c1-15-11-16(12-18(23)21(15)24-22(28)31)26-9-7-25(8-10-26)13-17(27)14-30-20-6-4-3-5-19(20)29-2/h3-6,11-12,17,27H,7-10,13-14H2,1-2H3,(H2,24,28,31)/t17-/m1/s1. The Labute approximate surface area is 193 Å². The molecule has 0 saturated carbocycles. The first-order valence-corrected chi connectivity index (χ1v) is 10.9. The summed E-state index contributed by atoms with van der Waals surface area (Å²) in [5.74, 6) is 1.27. The van der Waals surface area contributed by atoms with Gasteiger partial charge in [0.2, 0.25) is 0 Å². The van der Waals surface area contributed by atoms with Gasteiger partial charge in [0.15, 0.2) is 11.5 Å². The minimum absolute atomic E-state index is 0.202. The van der Waals surface area contributed by atoms with Crippen LogP contribution in [0.15, 0.2) is 36.4 Å². The number of ether oxygens (including phenoxy) is 2. The summed E-state index contributed by atoms with van der Waals surface area (Å²) >= 11 is 10.1. The van der Waals surface area contributed by atoms with Gasteiger partial charge in [-0.1, -0.05) is 36.4 Å². The molecule has 9 heteroatoms. The van der Waals surface area contributed by atoms with Crippen LogP contribution >= 0.6 is 24.2 Å². The van der Waals surface area contributed by atoms with Crippen molar-refractivity contribution in [3.05, 3.63) is 47.0 Å². The summed E-state index contributed by atoms with van der Waals surface area (Å²) in [6, 6.07) is 11.3. The van der Waals surface area contributed by atoms with Crippen LogP contribution in [0.4, 0.5) is 16.2 Å². The minimum Gasteiger partial charge on any atom is -0.493 e. The summed E-state index contributed by atoms with van der Waals surface area (Å²) < 4.78 is 11.0. The number of β-amino-alcohol motifs (C(OH)–C–C–N with tert-alkyl or cyclic N) is 1. The molecular formula is C22H28ClN3O4S. The normalized spacial score (nSPS) is 15.5.